The van der Waals surface area contributed by atoms with Gasteiger partial charge in [0.15, 0.2) is 0 Å². The molecule has 0 aliphatic rings. The third-order valence-corrected chi connectivity index (χ3v) is 3.60. The predicted octanol–water partition coefficient (Wildman–Crippen LogP) is 2.46. The number of Topliss-reactive ketones (excluding diaryl/α,β-unsaturated/α-hetero) is 1. The Kier molecular flexibility index (Phi) is 10.9. The molecule has 0 spiro atoms. The van der Waals surface area contributed by atoms with Crippen LogP contribution in [0.3, 0.4) is 0 Å². The molecule has 0 aromatic heterocycles. The molecule has 0 radical (unpaired) electrons. The molecule has 0 saturated heterocycles. The third kappa shape index (κ3) is 8.38. The van der Waals surface area contributed by atoms with Crippen molar-refractivity contribution in [1.29, 1.82) is 0 Å². The first-order chi connectivity index (χ1) is 10.0. The molecule has 1 aromatic rings. The Bertz CT molecular complexity index is 450. The summed E-state index contributed by atoms with van der Waals surface area (Å²) in [5, 5.41) is 9.37. The molecule has 0 aliphatic carbocycles. The normalized spacial score (nSPS) is 11.8. The molecule has 1 aromatic carbocycles. The first-order valence-electron chi connectivity index (χ1n) is 7.47. The van der Waals surface area contributed by atoms with Gasteiger partial charge in [0.1, 0.15) is 11.8 Å². The Labute approximate surface area is 145 Å². The molecule has 0 aliphatic heterocycles. The summed E-state index contributed by atoms with van der Waals surface area (Å²) in [6.45, 7) is 2.22. The molecule has 1 N–H and O–H groups in total. The summed E-state index contributed by atoms with van der Waals surface area (Å²) in [5.41, 5.74) is 1.11. The number of ketones is 1. The Morgan fingerprint density at radius 2 is 1.77 bits per heavy atom. The quantitative estimate of drug-likeness (QED) is 0.532. The van der Waals surface area contributed by atoms with E-state index in [2.05, 4.69) is 0 Å². The zero-order chi connectivity index (χ0) is 15.7. The van der Waals surface area contributed by atoms with Crippen LogP contribution < -0.4 is 0 Å². The van der Waals surface area contributed by atoms with E-state index >= 15 is 0 Å². The van der Waals surface area contributed by atoms with Gasteiger partial charge in [-0.25, -0.2) is 0 Å². The summed E-state index contributed by atoms with van der Waals surface area (Å²) in [7, 11) is 1.85. The second-order valence-electron chi connectivity index (χ2n) is 5.56. The van der Waals surface area contributed by atoms with Crippen molar-refractivity contribution in [1.82, 2.24) is 4.90 Å². The van der Waals surface area contributed by atoms with E-state index < -0.39 is 12.0 Å². The first-order valence-corrected chi connectivity index (χ1v) is 7.47. The fourth-order valence-corrected chi connectivity index (χ4v) is 2.40. The van der Waals surface area contributed by atoms with Crippen LogP contribution in [0.25, 0.3) is 0 Å². The van der Waals surface area contributed by atoms with Crippen molar-refractivity contribution in [2.24, 2.45) is 0 Å². The molecule has 0 amide bonds. The maximum atomic E-state index is 11.4. The van der Waals surface area contributed by atoms with Crippen molar-refractivity contribution in [3.8, 4) is 0 Å². The van der Waals surface area contributed by atoms with Crippen LogP contribution in [-0.2, 0) is 16.1 Å². The van der Waals surface area contributed by atoms with Gasteiger partial charge >= 0.3 is 24.8 Å². The zero-order valence-corrected chi connectivity index (χ0v) is 12.9. The van der Waals surface area contributed by atoms with Crippen molar-refractivity contribution in [3.63, 3.8) is 0 Å². The van der Waals surface area contributed by atoms with E-state index in [1.54, 1.807) is 6.92 Å². The van der Waals surface area contributed by atoms with E-state index in [4.69, 9.17) is 0 Å². The van der Waals surface area contributed by atoms with Crippen LogP contribution in [0.15, 0.2) is 30.3 Å². The van der Waals surface area contributed by atoms with Gasteiger partial charge in [-0.2, -0.15) is 0 Å². The van der Waals surface area contributed by atoms with E-state index in [0.29, 0.717) is 19.4 Å². The molecule has 5 heteroatoms. The standard InChI is InChI=1S/C17H25NO3.Li.H/c1-14(19)9-5-3-8-12-16(17(20)21)18(2)13-15-10-6-4-7-11-15;;/h4,6-7,10-11,16H,3,5,8-9,12-13H2,1-2H3,(H,20,21);;/t16-;;/m0../s1. The number of carboxylic acids is 1. The van der Waals surface area contributed by atoms with Gasteiger partial charge in [-0.15, -0.1) is 0 Å². The van der Waals surface area contributed by atoms with Gasteiger partial charge < -0.3 is 9.90 Å². The van der Waals surface area contributed by atoms with Crippen LogP contribution in [0.1, 0.15) is 44.6 Å². The summed E-state index contributed by atoms with van der Waals surface area (Å²) in [5.74, 6) is -0.578. The minimum absolute atomic E-state index is 0. The number of aliphatic carboxylic acids is 1. The molecule has 118 valence electrons. The number of benzene rings is 1. The van der Waals surface area contributed by atoms with Crippen LogP contribution in [-0.4, -0.2) is 53.7 Å². The van der Waals surface area contributed by atoms with Gasteiger partial charge in [0.25, 0.3) is 0 Å². The van der Waals surface area contributed by atoms with Gasteiger partial charge in [-0.3, -0.25) is 9.69 Å². The van der Waals surface area contributed by atoms with Crippen molar-refractivity contribution < 1.29 is 14.7 Å². The van der Waals surface area contributed by atoms with E-state index in [1.165, 1.54) is 0 Å². The number of carbonyl (C=O) groups is 2. The van der Waals surface area contributed by atoms with Crippen LogP contribution in [0.4, 0.5) is 0 Å². The Morgan fingerprint density at radius 1 is 1.14 bits per heavy atom. The molecule has 0 saturated carbocycles. The Morgan fingerprint density at radius 3 is 2.32 bits per heavy atom. The zero-order valence-electron chi connectivity index (χ0n) is 12.9. The molecular formula is C17H26LiNO3. The number of hydrogen-bond acceptors (Lipinski definition) is 3. The summed E-state index contributed by atoms with van der Waals surface area (Å²) in [6.07, 6.45) is 3.81. The average Bonchev–Trinajstić information content (AvgIpc) is 2.42. The first kappa shape index (κ1) is 20.9. The summed E-state index contributed by atoms with van der Waals surface area (Å²) in [4.78, 5) is 24.1. The van der Waals surface area contributed by atoms with Gasteiger partial charge in [0, 0.05) is 13.0 Å². The molecule has 1 atom stereocenters. The van der Waals surface area contributed by atoms with E-state index in [-0.39, 0.29) is 24.6 Å². The van der Waals surface area contributed by atoms with Gasteiger partial charge in [-0.1, -0.05) is 43.2 Å². The number of carboxylic acid groups (broad SMARTS) is 1. The summed E-state index contributed by atoms with van der Waals surface area (Å²) < 4.78 is 0. The fraction of sp³-hybridized carbons (Fsp3) is 0.529. The second-order valence-corrected chi connectivity index (χ2v) is 5.56. The monoisotopic (exact) mass is 299 g/mol. The SMILES string of the molecule is CC(=O)CCCCC[C@@H](C(=O)O)N(C)Cc1ccccc1.[LiH]. The van der Waals surface area contributed by atoms with Crippen molar-refractivity contribution in [3.05, 3.63) is 35.9 Å². The van der Waals surface area contributed by atoms with E-state index in [9.17, 15) is 14.7 Å². The number of unbranched alkanes of at least 4 members (excludes halogenated alkanes) is 2. The van der Waals surface area contributed by atoms with Crippen molar-refractivity contribution >= 4 is 30.6 Å². The predicted molar refractivity (Wildman–Crippen MR) is 90.2 cm³/mol. The minimum atomic E-state index is -0.778. The molecule has 0 heterocycles. The van der Waals surface area contributed by atoms with E-state index in [1.807, 2.05) is 42.3 Å². The summed E-state index contributed by atoms with van der Waals surface area (Å²) >= 11 is 0. The number of likely N-dealkylation sites (N-methyl/N-ethyl adjacent to an activating group) is 1. The van der Waals surface area contributed by atoms with Crippen LogP contribution >= 0.6 is 0 Å². The topological polar surface area (TPSA) is 57.6 Å². The third-order valence-electron chi connectivity index (χ3n) is 3.60. The molecule has 22 heavy (non-hydrogen) atoms. The molecule has 1 rings (SSSR count). The Hall–Kier alpha value is -1.08. The number of nitrogens with zero attached hydrogens (tertiary/aromatic N) is 1. The number of carbonyl (C=O) groups excluding carboxylic acids is 1. The van der Waals surface area contributed by atoms with Crippen LogP contribution in [0.5, 0.6) is 0 Å². The van der Waals surface area contributed by atoms with Gasteiger partial charge in [0.05, 0.1) is 0 Å². The van der Waals surface area contributed by atoms with Crippen LogP contribution in [0.2, 0.25) is 0 Å². The number of hydrogen-bond donors (Lipinski definition) is 1. The van der Waals surface area contributed by atoms with E-state index in [0.717, 1.165) is 24.8 Å². The molecule has 0 bridgehead atoms. The molecule has 0 fully saturated rings. The van der Waals surface area contributed by atoms with Crippen LogP contribution in [0, 0.1) is 0 Å². The van der Waals surface area contributed by atoms with Gasteiger partial charge in [0.2, 0.25) is 0 Å². The molecule has 0 unspecified atom stereocenters. The van der Waals surface area contributed by atoms with Gasteiger partial charge in [-0.05, 0) is 32.4 Å². The Balaban J connectivity index is 0.00000441. The number of rotatable bonds is 10. The average molecular weight is 299 g/mol. The van der Waals surface area contributed by atoms with Crippen molar-refractivity contribution in [2.75, 3.05) is 7.05 Å². The molecular weight excluding hydrogens is 273 g/mol. The summed E-state index contributed by atoms with van der Waals surface area (Å²) in [6, 6.07) is 9.40. The maximum absolute atomic E-state index is 11.4. The van der Waals surface area contributed by atoms with Crippen molar-refractivity contribution in [2.45, 2.75) is 51.6 Å². The second kappa shape index (κ2) is 11.5. The molecule has 4 nitrogen and oxygen atoms in total. The fourth-order valence-electron chi connectivity index (χ4n) is 2.40.